The summed E-state index contributed by atoms with van der Waals surface area (Å²) < 4.78 is 64.3. The summed E-state index contributed by atoms with van der Waals surface area (Å²) in [6, 6.07) is 2.75. The first-order chi connectivity index (χ1) is 12.2. The van der Waals surface area contributed by atoms with Crippen LogP contribution in [0.25, 0.3) is 6.08 Å². The van der Waals surface area contributed by atoms with Gasteiger partial charge in [-0.15, -0.1) is 0 Å². The molecule has 0 aromatic heterocycles. The van der Waals surface area contributed by atoms with Gasteiger partial charge in [-0.05, 0) is 50.9 Å². The van der Waals surface area contributed by atoms with Gasteiger partial charge in [-0.1, -0.05) is 23.9 Å². The lowest BCUT2D eigenvalue weighted by molar-refractivity contribution is -0.140. The molecule has 1 aliphatic rings. The Balaban J connectivity index is 2.42. The van der Waals surface area contributed by atoms with Crippen molar-refractivity contribution in [3.8, 4) is 0 Å². The summed E-state index contributed by atoms with van der Waals surface area (Å²) in [4.78, 5) is 11.4. The summed E-state index contributed by atoms with van der Waals surface area (Å²) in [5, 5.41) is -0.146. The number of hydrogen-bond acceptors (Lipinski definition) is 4. The van der Waals surface area contributed by atoms with E-state index in [1.165, 1.54) is 19.1 Å². The van der Waals surface area contributed by atoms with Crippen LogP contribution in [0.15, 0.2) is 23.7 Å². The monoisotopic (exact) mass is 404 g/mol. The van der Waals surface area contributed by atoms with E-state index in [9.17, 15) is 22.4 Å². The highest BCUT2D eigenvalue weighted by molar-refractivity contribution is 8.13. The van der Waals surface area contributed by atoms with Crippen molar-refractivity contribution in [3.63, 3.8) is 0 Å². The Morgan fingerprint density at radius 1 is 1.19 bits per heavy atom. The molecule has 27 heavy (non-hydrogen) atoms. The first kappa shape index (κ1) is 22.0. The molecule has 2 rings (SSSR count). The van der Waals surface area contributed by atoms with Crippen LogP contribution < -0.4 is 0 Å². The minimum Gasteiger partial charge on any atom is -0.400 e. The summed E-state index contributed by atoms with van der Waals surface area (Å²) >= 11 is 0.995. The third kappa shape index (κ3) is 5.15. The van der Waals surface area contributed by atoms with E-state index in [-0.39, 0.29) is 16.4 Å². The maximum absolute atomic E-state index is 13.5. The van der Waals surface area contributed by atoms with Gasteiger partial charge < -0.3 is 9.31 Å². The van der Waals surface area contributed by atoms with Crippen LogP contribution in [0.4, 0.5) is 17.6 Å². The second-order valence-electron chi connectivity index (χ2n) is 7.32. The van der Waals surface area contributed by atoms with Crippen molar-refractivity contribution in [1.82, 2.24) is 0 Å². The predicted octanol–water partition coefficient (Wildman–Crippen LogP) is 5.14. The zero-order chi connectivity index (χ0) is 20.6. The fraction of sp³-hybridized carbons (Fsp3) is 0.500. The Morgan fingerprint density at radius 2 is 1.74 bits per heavy atom. The van der Waals surface area contributed by atoms with Crippen molar-refractivity contribution >= 4 is 30.1 Å². The van der Waals surface area contributed by atoms with Crippen molar-refractivity contribution in [2.45, 2.75) is 52.0 Å². The molecule has 148 valence electrons. The molecule has 0 bridgehead atoms. The fourth-order valence-corrected chi connectivity index (χ4v) is 3.01. The second-order valence-corrected chi connectivity index (χ2v) is 8.48. The number of hydrogen-bond donors (Lipinski definition) is 0. The van der Waals surface area contributed by atoms with Gasteiger partial charge in [0.2, 0.25) is 0 Å². The van der Waals surface area contributed by atoms with Crippen LogP contribution in [0.3, 0.4) is 0 Å². The molecule has 1 fully saturated rings. The summed E-state index contributed by atoms with van der Waals surface area (Å²) in [5.41, 5.74) is -1.98. The van der Waals surface area contributed by atoms with Gasteiger partial charge in [0.15, 0.2) is 5.12 Å². The Labute approximate surface area is 160 Å². The minimum atomic E-state index is -4.80. The zero-order valence-electron chi connectivity index (χ0n) is 15.7. The maximum atomic E-state index is 13.5. The first-order valence-electron chi connectivity index (χ1n) is 8.29. The van der Waals surface area contributed by atoms with E-state index in [1.807, 2.05) is 27.7 Å². The van der Waals surface area contributed by atoms with Gasteiger partial charge in [0.25, 0.3) is 0 Å². The highest BCUT2D eigenvalue weighted by atomic mass is 32.2. The number of rotatable bonds is 4. The lowest BCUT2D eigenvalue weighted by atomic mass is 9.78. The Kier molecular flexibility index (Phi) is 6.19. The molecule has 0 amide bonds. The zero-order valence-corrected chi connectivity index (χ0v) is 16.6. The number of carbonyl (C=O) groups excluding carboxylic acids is 1. The molecule has 0 saturated carbocycles. The molecule has 1 saturated heterocycles. The summed E-state index contributed by atoms with van der Waals surface area (Å²) in [6.07, 6.45) is -3.35. The molecule has 0 N–H and O–H groups in total. The molecule has 0 atom stereocenters. The van der Waals surface area contributed by atoms with Gasteiger partial charge in [0.1, 0.15) is 5.82 Å². The third-order valence-electron chi connectivity index (χ3n) is 4.65. The summed E-state index contributed by atoms with van der Waals surface area (Å²) in [6.45, 7) is 8.79. The molecule has 1 aromatic rings. The van der Waals surface area contributed by atoms with Crippen LogP contribution in [0.1, 0.15) is 45.7 Å². The molecule has 0 unspecified atom stereocenters. The van der Waals surface area contributed by atoms with Crippen molar-refractivity contribution in [1.29, 1.82) is 0 Å². The molecular weight excluding hydrogens is 383 g/mol. The van der Waals surface area contributed by atoms with Crippen LogP contribution in [-0.4, -0.2) is 29.2 Å². The third-order valence-corrected chi connectivity index (χ3v) is 5.53. The maximum Gasteiger partial charge on any atom is 0.491 e. The van der Waals surface area contributed by atoms with Crippen molar-refractivity contribution in [2.75, 3.05) is 5.75 Å². The fourth-order valence-electron chi connectivity index (χ4n) is 2.42. The van der Waals surface area contributed by atoms with Crippen LogP contribution >= 0.6 is 11.8 Å². The molecule has 0 spiro atoms. The summed E-state index contributed by atoms with van der Waals surface area (Å²) in [5.74, 6) is -1.15. The Hall–Kier alpha value is -1.32. The SMILES string of the molecule is CC(=O)SCC(=Cc1ccc(F)c(C(F)(F)F)c1)B1OC(C)(C)C(C)(C)O1. The molecule has 1 aliphatic heterocycles. The van der Waals surface area contributed by atoms with Crippen molar-refractivity contribution < 1.29 is 31.7 Å². The number of carbonyl (C=O) groups is 1. The van der Waals surface area contributed by atoms with Crippen molar-refractivity contribution in [2.24, 2.45) is 0 Å². The molecule has 0 radical (unpaired) electrons. The summed E-state index contributed by atoms with van der Waals surface area (Å²) in [7, 11) is -0.818. The molecule has 1 heterocycles. The van der Waals surface area contributed by atoms with E-state index in [1.54, 1.807) is 0 Å². The molecular formula is C18H21BF4O3S. The second kappa shape index (κ2) is 7.60. The van der Waals surface area contributed by atoms with Crippen LogP contribution in [0.5, 0.6) is 0 Å². The average Bonchev–Trinajstić information content (AvgIpc) is 2.72. The number of alkyl halides is 3. The van der Waals surface area contributed by atoms with Gasteiger partial charge >= 0.3 is 13.3 Å². The van der Waals surface area contributed by atoms with E-state index in [0.29, 0.717) is 5.47 Å². The van der Waals surface area contributed by atoms with E-state index in [2.05, 4.69) is 0 Å². The molecule has 9 heteroatoms. The van der Waals surface area contributed by atoms with Gasteiger partial charge in [0, 0.05) is 12.7 Å². The average molecular weight is 404 g/mol. The highest BCUT2D eigenvalue weighted by Gasteiger charge is 2.52. The van der Waals surface area contributed by atoms with Crippen molar-refractivity contribution in [3.05, 3.63) is 40.6 Å². The normalized spacial score (nSPS) is 19.4. The highest BCUT2D eigenvalue weighted by Crippen LogP contribution is 2.39. The minimum absolute atomic E-state index is 0.146. The van der Waals surface area contributed by atoms with E-state index < -0.39 is 35.9 Å². The molecule has 0 aliphatic carbocycles. The van der Waals surface area contributed by atoms with Crippen LogP contribution in [0, 0.1) is 5.82 Å². The van der Waals surface area contributed by atoms with E-state index >= 15 is 0 Å². The van der Waals surface area contributed by atoms with Crippen LogP contribution in [0.2, 0.25) is 0 Å². The Morgan fingerprint density at radius 3 is 2.22 bits per heavy atom. The quantitative estimate of drug-likeness (QED) is 0.515. The largest absolute Gasteiger partial charge is 0.491 e. The first-order valence-corrected chi connectivity index (χ1v) is 9.28. The van der Waals surface area contributed by atoms with Gasteiger partial charge in [0.05, 0.1) is 16.8 Å². The lowest BCUT2D eigenvalue weighted by Crippen LogP contribution is -2.41. The van der Waals surface area contributed by atoms with Gasteiger partial charge in [-0.25, -0.2) is 4.39 Å². The van der Waals surface area contributed by atoms with E-state index in [0.717, 1.165) is 23.9 Å². The number of halogens is 4. The van der Waals surface area contributed by atoms with Crippen LogP contribution in [-0.2, 0) is 20.3 Å². The van der Waals surface area contributed by atoms with Gasteiger partial charge in [-0.3, -0.25) is 4.79 Å². The lowest BCUT2D eigenvalue weighted by Gasteiger charge is -2.32. The Bertz CT molecular complexity index is 743. The standard InChI is InChI=1S/C18H21BF4O3S/c1-11(24)27-10-13(19-25-16(2,3)17(4,5)26-19)8-12-6-7-15(20)14(9-12)18(21,22)23/h6-9H,10H2,1-5H3. The molecule has 3 nitrogen and oxygen atoms in total. The van der Waals surface area contributed by atoms with E-state index in [4.69, 9.17) is 9.31 Å². The molecule has 1 aromatic carbocycles. The topological polar surface area (TPSA) is 35.5 Å². The van der Waals surface area contributed by atoms with Gasteiger partial charge in [-0.2, -0.15) is 13.2 Å². The number of thioether (sulfide) groups is 1. The predicted molar refractivity (Wildman–Crippen MR) is 98.6 cm³/mol. The smallest absolute Gasteiger partial charge is 0.400 e. The number of benzene rings is 1.